The summed E-state index contributed by atoms with van der Waals surface area (Å²) in [7, 11) is -2.56. The molecule has 27 heavy (non-hydrogen) atoms. The number of nitrogens with two attached hydrogens (primary N) is 1. The van der Waals surface area contributed by atoms with Gasteiger partial charge in [0.1, 0.15) is 11.6 Å². The van der Waals surface area contributed by atoms with Crippen molar-refractivity contribution >= 4 is 33.7 Å². The molecule has 0 fully saturated rings. The van der Waals surface area contributed by atoms with E-state index in [1.54, 1.807) is 18.2 Å². The zero-order valence-electron chi connectivity index (χ0n) is 14.2. The summed E-state index contributed by atoms with van der Waals surface area (Å²) in [6.45, 7) is 0. The van der Waals surface area contributed by atoms with Gasteiger partial charge in [0.25, 0.3) is 5.91 Å². The topological polar surface area (TPSA) is 139 Å². The van der Waals surface area contributed by atoms with E-state index in [9.17, 15) is 23.3 Å². The lowest BCUT2D eigenvalue weighted by atomic mass is 10.1. The van der Waals surface area contributed by atoms with E-state index in [1.165, 1.54) is 49.6 Å². The standard InChI is InChI=1S/C18H15N3O5S/c1-26-18(23)13-4-2-12(3-5-13)10-14(11-19)17(22)21-15-6-8-16(9-7-15)27(20,24)25/h2-10H,1H3,(H,21,22)(H2,20,24,25)/b14-10+. The molecule has 2 aromatic rings. The van der Waals surface area contributed by atoms with E-state index in [-0.39, 0.29) is 10.5 Å². The molecule has 0 aliphatic heterocycles. The van der Waals surface area contributed by atoms with Crippen molar-refractivity contribution in [1.29, 1.82) is 5.26 Å². The number of ether oxygens (including phenoxy) is 1. The summed E-state index contributed by atoms with van der Waals surface area (Å²) in [6.07, 6.45) is 1.36. The molecule has 0 aromatic heterocycles. The zero-order valence-corrected chi connectivity index (χ0v) is 15.0. The molecule has 2 rings (SSSR count). The lowest BCUT2D eigenvalue weighted by molar-refractivity contribution is -0.112. The van der Waals surface area contributed by atoms with Crippen LogP contribution in [0.4, 0.5) is 5.69 Å². The van der Waals surface area contributed by atoms with Gasteiger partial charge in [0.05, 0.1) is 17.6 Å². The van der Waals surface area contributed by atoms with Gasteiger partial charge in [-0.05, 0) is 48.0 Å². The van der Waals surface area contributed by atoms with Crippen LogP contribution in [0.2, 0.25) is 0 Å². The Morgan fingerprint density at radius 2 is 1.70 bits per heavy atom. The summed E-state index contributed by atoms with van der Waals surface area (Å²) in [5, 5.41) is 16.7. The Hall–Kier alpha value is -3.48. The number of rotatable bonds is 5. The van der Waals surface area contributed by atoms with Crippen LogP contribution in [0.25, 0.3) is 6.08 Å². The lowest BCUT2D eigenvalue weighted by Crippen LogP contribution is -2.14. The Kier molecular flexibility index (Phi) is 6.07. The molecule has 0 saturated carbocycles. The van der Waals surface area contributed by atoms with Crippen molar-refractivity contribution in [3.63, 3.8) is 0 Å². The highest BCUT2D eigenvalue weighted by Crippen LogP contribution is 2.15. The van der Waals surface area contributed by atoms with Crippen molar-refractivity contribution in [1.82, 2.24) is 0 Å². The molecule has 0 aliphatic rings. The summed E-state index contributed by atoms with van der Waals surface area (Å²) in [5.74, 6) is -1.16. The van der Waals surface area contributed by atoms with E-state index in [4.69, 9.17) is 5.14 Å². The summed E-state index contributed by atoms with van der Waals surface area (Å²) in [6, 6.07) is 13.2. The van der Waals surface area contributed by atoms with Gasteiger partial charge in [-0.25, -0.2) is 18.4 Å². The lowest BCUT2D eigenvalue weighted by Gasteiger charge is -2.05. The first kappa shape index (κ1) is 19.8. The number of nitriles is 1. The van der Waals surface area contributed by atoms with E-state index in [0.29, 0.717) is 16.8 Å². The molecule has 8 nitrogen and oxygen atoms in total. The quantitative estimate of drug-likeness (QED) is 0.456. The third-order valence-electron chi connectivity index (χ3n) is 3.45. The number of hydrogen-bond donors (Lipinski definition) is 2. The molecule has 0 bridgehead atoms. The van der Waals surface area contributed by atoms with Gasteiger partial charge in [-0.1, -0.05) is 12.1 Å². The van der Waals surface area contributed by atoms with Gasteiger partial charge in [-0.3, -0.25) is 4.79 Å². The third-order valence-corrected chi connectivity index (χ3v) is 4.38. The summed E-state index contributed by atoms with van der Waals surface area (Å²) in [4.78, 5) is 23.5. The number of sulfonamides is 1. The second-order valence-corrected chi connectivity index (χ2v) is 6.87. The maximum atomic E-state index is 12.2. The minimum atomic E-state index is -3.83. The molecule has 3 N–H and O–H groups in total. The molecule has 0 unspecified atom stereocenters. The van der Waals surface area contributed by atoms with Crippen LogP contribution < -0.4 is 10.5 Å². The van der Waals surface area contributed by atoms with Gasteiger partial charge in [-0.2, -0.15) is 5.26 Å². The fraction of sp³-hybridized carbons (Fsp3) is 0.0556. The van der Waals surface area contributed by atoms with Gasteiger partial charge in [-0.15, -0.1) is 0 Å². The monoisotopic (exact) mass is 385 g/mol. The number of carbonyl (C=O) groups is 2. The van der Waals surface area contributed by atoms with Crippen LogP contribution in [0.1, 0.15) is 15.9 Å². The molecule has 0 spiro atoms. The van der Waals surface area contributed by atoms with Crippen molar-refractivity contribution in [3.05, 3.63) is 65.2 Å². The van der Waals surface area contributed by atoms with Crippen LogP contribution in [0.3, 0.4) is 0 Å². The first-order valence-corrected chi connectivity index (χ1v) is 9.03. The number of methoxy groups -OCH3 is 1. The highest BCUT2D eigenvalue weighted by atomic mass is 32.2. The normalized spacial score (nSPS) is 11.4. The number of hydrogen-bond acceptors (Lipinski definition) is 6. The largest absolute Gasteiger partial charge is 0.465 e. The smallest absolute Gasteiger partial charge is 0.337 e. The molecule has 0 heterocycles. The van der Waals surface area contributed by atoms with Crippen molar-refractivity contribution in [3.8, 4) is 6.07 Å². The maximum Gasteiger partial charge on any atom is 0.337 e. The molecule has 138 valence electrons. The molecule has 0 radical (unpaired) electrons. The Bertz CT molecular complexity index is 1030. The molecule has 2 aromatic carbocycles. The van der Waals surface area contributed by atoms with Crippen molar-refractivity contribution in [2.24, 2.45) is 5.14 Å². The summed E-state index contributed by atoms with van der Waals surface area (Å²) in [5.41, 5.74) is 1.01. The van der Waals surface area contributed by atoms with Crippen LogP contribution in [0.5, 0.6) is 0 Å². The fourth-order valence-electron chi connectivity index (χ4n) is 2.07. The molecule has 9 heteroatoms. The van der Waals surface area contributed by atoms with Crippen molar-refractivity contribution in [2.75, 3.05) is 12.4 Å². The average Bonchev–Trinajstić information content (AvgIpc) is 2.65. The minimum Gasteiger partial charge on any atom is -0.465 e. The number of amides is 1. The van der Waals surface area contributed by atoms with E-state index in [2.05, 4.69) is 10.1 Å². The van der Waals surface area contributed by atoms with E-state index in [0.717, 1.165) is 0 Å². The number of benzene rings is 2. The highest BCUT2D eigenvalue weighted by Gasteiger charge is 2.12. The Morgan fingerprint density at radius 3 is 2.19 bits per heavy atom. The van der Waals surface area contributed by atoms with Gasteiger partial charge in [0, 0.05) is 5.69 Å². The van der Waals surface area contributed by atoms with Crippen molar-refractivity contribution in [2.45, 2.75) is 4.90 Å². The van der Waals surface area contributed by atoms with Gasteiger partial charge in [0.2, 0.25) is 10.0 Å². The number of anilines is 1. The summed E-state index contributed by atoms with van der Waals surface area (Å²) >= 11 is 0. The van der Waals surface area contributed by atoms with Gasteiger partial charge < -0.3 is 10.1 Å². The number of primary sulfonamides is 1. The van der Waals surface area contributed by atoms with E-state index >= 15 is 0 Å². The average molecular weight is 385 g/mol. The molecule has 0 aliphatic carbocycles. The number of esters is 1. The van der Waals surface area contributed by atoms with Gasteiger partial charge >= 0.3 is 5.97 Å². The molecule has 0 saturated heterocycles. The number of nitrogens with zero attached hydrogens (tertiary/aromatic N) is 1. The maximum absolute atomic E-state index is 12.2. The van der Waals surface area contributed by atoms with Crippen LogP contribution in [-0.4, -0.2) is 27.4 Å². The summed E-state index contributed by atoms with van der Waals surface area (Å²) < 4.78 is 27.0. The van der Waals surface area contributed by atoms with Crippen LogP contribution in [-0.2, 0) is 19.6 Å². The van der Waals surface area contributed by atoms with E-state index < -0.39 is 21.9 Å². The molecule has 0 atom stereocenters. The zero-order chi connectivity index (χ0) is 20.0. The predicted molar refractivity (Wildman–Crippen MR) is 97.8 cm³/mol. The Morgan fingerprint density at radius 1 is 1.11 bits per heavy atom. The molecule has 1 amide bonds. The minimum absolute atomic E-state index is 0.0951. The number of carbonyl (C=O) groups excluding carboxylic acids is 2. The third kappa shape index (κ3) is 5.24. The Balaban J connectivity index is 2.17. The van der Waals surface area contributed by atoms with Crippen LogP contribution in [0.15, 0.2) is 59.0 Å². The van der Waals surface area contributed by atoms with Crippen molar-refractivity contribution < 1.29 is 22.7 Å². The second kappa shape index (κ2) is 8.27. The Labute approximate surface area is 155 Å². The predicted octanol–water partition coefficient (Wildman–Crippen LogP) is 1.67. The van der Waals surface area contributed by atoms with Crippen LogP contribution in [0, 0.1) is 11.3 Å². The van der Waals surface area contributed by atoms with Gasteiger partial charge in [0.15, 0.2) is 0 Å². The highest BCUT2D eigenvalue weighted by molar-refractivity contribution is 7.89. The van der Waals surface area contributed by atoms with Crippen LogP contribution >= 0.6 is 0 Å². The first-order valence-electron chi connectivity index (χ1n) is 7.49. The number of nitrogens with one attached hydrogen (secondary N) is 1. The second-order valence-electron chi connectivity index (χ2n) is 5.31. The first-order chi connectivity index (χ1) is 12.7. The molecular formula is C18H15N3O5S. The molecular weight excluding hydrogens is 370 g/mol. The van der Waals surface area contributed by atoms with E-state index in [1.807, 2.05) is 0 Å². The fourth-order valence-corrected chi connectivity index (χ4v) is 2.59. The SMILES string of the molecule is COC(=O)c1ccc(/C=C(\C#N)C(=O)Nc2ccc(S(N)(=O)=O)cc2)cc1.